The molecule has 1 N–H and O–H groups in total. The quantitative estimate of drug-likeness (QED) is 0.902. The lowest BCUT2D eigenvalue weighted by atomic mass is 10.2. The van der Waals surface area contributed by atoms with Crippen LogP contribution < -0.4 is 0 Å². The highest BCUT2D eigenvalue weighted by atomic mass is 35.5. The lowest BCUT2D eigenvalue weighted by Gasteiger charge is -2.34. The largest absolute Gasteiger partial charge is 0.396 e. The molecule has 0 spiro atoms. The van der Waals surface area contributed by atoms with Gasteiger partial charge in [0.2, 0.25) is 0 Å². The second kappa shape index (κ2) is 10.5. The number of rotatable bonds is 5. The SMILES string of the molecule is Cl.Cl.OCCCN1CCN(Cc2ccccc2)CC1. The topological polar surface area (TPSA) is 26.7 Å². The van der Waals surface area contributed by atoms with E-state index >= 15 is 0 Å². The van der Waals surface area contributed by atoms with E-state index in [4.69, 9.17) is 5.11 Å². The normalized spacial score (nSPS) is 16.5. The molecular weight excluding hydrogens is 283 g/mol. The van der Waals surface area contributed by atoms with Crippen molar-refractivity contribution in [3.8, 4) is 0 Å². The van der Waals surface area contributed by atoms with Crippen LogP contribution in [0, 0.1) is 0 Å². The molecule has 0 saturated carbocycles. The molecule has 1 aliphatic heterocycles. The van der Waals surface area contributed by atoms with Gasteiger partial charge >= 0.3 is 0 Å². The lowest BCUT2D eigenvalue weighted by molar-refractivity contribution is 0.120. The summed E-state index contributed by atoms with van der Waals surface area (Å²) in [7, 11) is 0. The van der Waals surface area contributed by atoms with Crippen LogP contribution in [0.25, 0.3) is 0 Å². The van der Waals surface area contributed by atoms with Crippen molar-refractivity contribution < 1.29 is 5.11 Å². The molecular formula is C14H24Cl2N2O. The molecule has 2 rings (SSSR count). The van der Waals surface area contributed by atoms with E-state index in [2.05, 4.69) is 40.1 Å². The smallest absolute Gasteiger partial charge is 0.0443 e. The van der Waals surface area contributed by atoms with Crippen LogP contribution in [0.5, 0.6) is 0 Å². The Morgan fingerprint density at radius 1 is 0.895 bits per heavy atom. The van der Waals surface area contributed by atoms with Gasteiger partial charge < -0.3 is 10.0 Å². The van der Waals surface area contributed by atoms with Crippen molar-refractivity contribution in [3.63, 3.8) is 0 Å². The van der Waals surface area contributed by atoms with E-state index in [-0.39, 0.29) is 24.8 Å². The van der Waals surface area contributed by atoms with Gasteiger partial charge in [-0.15, -0.1) is 24.8 Å². The minimum atomic E-state index is 0. The maximum atomic E-state index is 8.81. The minimum absolute atomic E-state index is 0. The van der Waals surface area contributed by atoms with Gasteiger partial charge in [-0.25, -0.2) is 0 Å². The molecule has 0 radical (unpaired) electrons. The van der Waals surface area contributed by atoms with Crippen LogP contribution >= 0.6 is 24.8 Å². The van der Waals surface area contributed by atoms with E-state index in [1.54, 1.807) is 0 Å². The van der Waals surface area contributed by atoms with Gasteiger partial charge in [-0.3, -0.25) is 4.90 Å². The summed E-state index contributed by atoms with van der Waals surface area (Å²) in [6.45, 7) is 6.95. The number of halogens is 2. The predicted octanol–water partition coefficient (Wildman–Crippen LogP) is 2.03. The molecule has 19 heavy (non-hydrogen) atoms. The molecule has 1 heterocycles. The van der Waals surface area contributed by atoms with Crippen molar-refractivity contribution in [1.82, 2.24) is 9.80 Å². The van der Waals surface area contributed by atoms with Crippen LogP contribution in [0.15, 0.2) is 30.3 Å². The first-order valence-electron chi connectivity index (χ1n) is 6.48. The molecule has 5 heteroatoms. The van der Waals surface area contributed by atoms with Gasteiger partial charge in [0.15, 0.2) is 0 Å². The molecule has 0 aliphatic carbocycles. The average Bonchev–Trinajstić information content (AvgIpc) is 2.39. The molecule has 0 aromatic heterocycles. The van der Waals surface area contributed by atoms with Crippen molar-refractivity contribution in [1.29, 1.82) is 0 Å². The van der Waals surface area contributed by atoms with Gasteiger partial charge in [0, 0.05) is 45.9 Å². The number of piperazine rings is 1. The third-order valence-corrected chi connectivity index (χ3v) is 3.35. The van der Waals surface area contributed by atoms with Gasteiger partial charge in [0.05, 0.1) is 0 Å². The zero-order valence-corrected chi connectivity index (χ0v) is 12.8. The van der Waals surface area contributed by atoms with Gasteiger partial charge in [-0.2, -0.15) is 0 Å². The number of aliphatic hydroxyl groups excluding tert-OH is 1. The van der Waals surface area contributed by atoms with Crippen LogP contribution in [0.3, 0.4) is 0 Å². The second-order valence-electron chi connectivity index (χ2n) is 4.68. The first-order valence-corrected chi connectivity index (χ1v) is 6.48. The van der Waals surface area contributed by atoms with Crippen LogP contribution in [0.4, 0.5) is 0 Å². The number of hydrogen-bond acceptors (Lipinski definition) is 3. The fourth-order valence-electron chi connectivity index (χ4n) is 2.31. The van der Waals surface area contributed by atoms with Crippen molar-refractivity contribution in [2.24, 2.45) is 0 Å². The molecule has 1 saturated heterocycles. The highest BCUT2D eigenvalue weighted by Gasteiger charge is 2.15. The Bertz CT molecular complexity index is 316. The van der Waals surface area contributed by atoms with Gasteiger partial charge in [-0.05, 0) is 12.0 Å². The van der Waals surface area contributed by atoms with Crippen molar-refractivity contribution in [2.45, 2.75) is 13.0 Å². The van der Waals surface area contributed by atoms with E-state index in [0.717, 1.165) is 45.7 Å². The lowest BCUT2D eigenvalue weighted by Crippen LogP contribution is -2.46. The first kappa shape index (κ1) is 18.7. The van der Waals surface area contributed by atoms with Crippen molar-refractivity contribution in [2.75, 3.05) is 39.3 Å². The Kier molecular flexibility index (Phi) is 10.3. The summed E-state index contributed by atoms with van der Waals surface area (Å²) in [5, 5.41) is 8.81. The second-order valence-corrected chi connectivity index (χ2v) is 4.68. The van der Waals surface area contributed by atoms with Crippen LogP contribution in [0.1, 0.15) is 12.0 Å². The molecule has 0 unspecified atom stereocenters. The molecule has 0 bridgehead atoms. The van der Waals surface area contributed by atoms with Crippen LogP contribution in [-0.2, 0) is 6.54 Å². The minimum Gasteiger partial charge on any atom is -0.396 e. The summed E-state index contributed by atoms with van der Waals surface area (Å²) in [6.07, 6.45) is 0.901. The zero-order chi connectivity index (χ0) is 11.9. The summed E-state index contributed by atoms with van der Waals surface area (Å²) in [4.78, 5) is 4.95. The van der Waals surface area contributed by atoms with Crippen LogP contribution in [0.2, 0.25) is 0 Å². The van der Waals surface area contributed by atoms with E-state index in [1.807, 2.05) is 0 Å². The highest BCUT2D eigenvalue weighted by Crippen LogP contribution is 2.08. The monoisotopic (exact) mass is 306 g/mol. The predicted molar refractivity (Wildman–Crippen MR) is 84.4 cm³/mol. The molecule has 1 aromatic carbocycles. The summed E-state index contributed by atoms with van der Waals surface area (Å²) in [5.74, 6) is 0. The Hall–Kier alpha value is -0.320. The van der Waals surface area contributed by atoms with E-state index in [1.165, 1.54) is 5.56 Å². The summed E-state index contributed by atoms with van der Waals surface area (Å²) < 4.78 is 0. The summed E-state index contributed by atoms with van der Waals surface area (Å²) >= 11 is 0. The molecule has 1 aliphatic rings. The van der Waals surface area contributed by atoms with Crippen LogP contribution in [-0.4, -0.2) is 54.2 Å². The fraction of sp³-hybridized carbons (Fsp3) is 0.571. The molecule has 0 amide bonds. The third-order valence-electron chi connectivity index (χ3n) is 3.35. The zero-order valence-electron chi connectivity index (χ0n) is 11.2. The van der Waals surface area contributed by atoms with Gasteiger partial charge in [0.25, 0.3) is 0 Å². The Morgan fingerprint density at radius 2 is 1.47 bits per heavy atom. The Balaban J connectivity index is 0.00000162. The fourth-order valence-corrected chi connectivity index (χ4v) is 2.31. The van der Waals surface area contributed by atoms with E-state index in [0.29, 0.717) is 6.61 Å². The maximum Gasteiger partial charge on any atom is 0.0443 e. The number of aliphatic hydroxyl groups is 1. The number of hydrogen-bond donors (Lipinski definition) is 1. The van der Waals surface area contributed by atoms with Crippen molar-refractivity contribution >= 4 is 24.8 Å². The highest BCUT2D eigenvalue weighted by molar-refractivity contribution is 5.85. The number of nitrogens with zero attached hydrogens (tertiary/aromatic N) is 2. The van der Waals surface area contributed by atoms with Gasteiger partial charge in [-0.1, -0.05) is 30.3 Å². The van der Waals surface area contributed by atoms with E-state index in [9.17, 15) is 0 Å². The summed E-state index contributed by atoms with van der Waals surface area (Å²) in [6, 6.07) is 10.7. The Labute approximate surface area is 128 Å². The first-order chi connectivity index (χ1) is 8.38. The van der Waals surface area contributed by atoms with Crippen molar-refractivity contribution in [3.05, 3.63) is 35.9 Å². The third kappa shape index (κ3) is 6.59. The van der Waals surface area contributed by atoms with Gasteiger partial charge in [0.1, 0.15) is 0 Å². The number of benzene rings is 1. The molecule has 110 valence electrons. The molecule has 0 atom stereocenters. The Morgan fingerprint density at radius 3 is 2.05 bits per heavy atom. The molecule has 3 nitrogen and oxygen atoms in total. The summed E-state index contributed by atoms with van der Waals surface area (Å²) in [5.41, 5.74) is 1.40. The molecule has 1 aromatic rings. The van der Waals surface area contributed by atoms with E-state index < -0.39 is 0 Å². The average molecular weight is 307 g/mol. The maximum absolute atomic E-state index is 8.81. The molecule has 1 fully saturated rings. The standard InChI is InChI=1S/C14H22N2O.2ClH/c17-12-4-7-15-8-10-16(11-9-15)13-14-5-2-1-3-6-14;;/h1-3,5-6,17H,4,7-13H2;2*1H.